The van der Waals surface area contributed by atoms with Gasteiger partial charge in [-0.25, -0.2) is 14.4 Å². The fourth-order valence-electron chi connectivity index (χ4n) is 3.54. The number of rotatable bonds is 14. The quantitative estimate of drug-likeness (QED) is 0.169. The predicted molar refractivity (Wildman–Crippen MR) is 129 cm³/mol. The number of hydrogen-bond acceptors (Lipinski definition) is 7. The number of hydrogen-bond donors (Lipinski definition) is 0. The largest absolute Gasteiger partial charge is 0.494 e. The van der Waals surface area contributed by atoms with Crippen LogP contribution in [0.5, 0.6) is 5.75 Å². The maximum Gasteiger partial charge on any atom is 0.330 e. The minimum atomic E-state index is -0.415. The summed E-state index contributed by atoms with van der Waals surface area (Å²) in [7, 11) is 0. The van der Waals surface area contributed by atoms with Crippen LogP contribution in [-0.2, 0) is 28.6 Å². The maximum atomic E-state index is 12.1. The molecular formula is C27H34O7. The smallest absolute Gasteiger partial charge is 0.330 e. The van der Waals surface area contributed by atoms with E-state index in [1.807, 2.05) is 24.3 Å². The van der Waals surface area contributed by atoms with E-state index in [-0.39, 0.29) is 11.9 Å². The van der Waals surface area contributed by atoms with E-state index >= 15 is 0 Å². The van der Waals surface area contributed by atoms with Crippen LogP contribution in [0.2, 0.25) is 0 Å². The van der Waals surface area contributed by atoms with Crippen molar-refractivity contribution in [3.05, 3.63) is 61.2 Å². The van der Waals surface area contributed by atoms with Gasteiger partial charge in [0.2, 0.25) is 0 Å². The van der Waals surface area contributed by atoms with Gasteiger partial charge in [-0.2, -0.15) is 0 Å². The SMILES string of the molecule is C=CC(=O)OCCCCOc1ccc(/C=C/C(=O)OCC2CCC(COC(=O)C=C)CC2)cc1. The van der Waals surface area contributed by atoms with Gasteiger partial charge < -0.3 is 18.9 Å². The number of carbonyl (C=O) groups excluding carboxylic acids is 3. The molecule has 7 nitrogen and oxygen atoms in total. The Morgan fingerprint density at radius 1 is 0.765 bits per heavy atom. The van der Waals surface area contributed by atoms with Crippen LogP contribution in [0.1, 0.15) is 44.1 Å². The summed E-state index contributed by atoms with van der Waals surface area (Å²) < 4.78 is 21.1. The van der Waals surface area contributed by atoms with E-state index in [2.05, 4.69) is 13.2 Å². The second kappa shape index (κ2) is 15.5. The van der Waals surface area contributed by atoms with Gasteiger partial charge in [-0.15, -0.1) is 0 Å². The molecule has 1 aromatic rings. The van der Waals surface area contributed by atoms with Gasteiger partial charge in [0.1, 0.15) is 5.75 Å². The van der Waals surface area contributed by atoms with Crippen LogP contribution in [0.3, 0.4) is 0 Å². The molecule has 0 atom stereocenters. The van der Waals surface area contributed by atoms with Gasteiger partial charge in [-0.3, -0.25) is 0 Å². The highest BCUT2D eigenvalue weighted by atomic mass is 16.5. The lowest BCUT2D eigenvalue weighted by molar-refractivity contribution is -0.141. The zero-order chi connectivity index (χ0) is 24.6. The van der Waals surface area contributed by atoms with Crippen molar-refractivity contribution in [3.63, 3.8) is 0 Å². The van der Waals surface area contributed by atoms with Crippen LogP contribution in [0, 0.1) is 11.8 Å². The molecule has 34 heavy (non-hydrogen) atoms. The number of esters is 3. The van der Waals surface area contributed by atoms with Gasteiger partial charge in [-0.1, -0.05) is 25.3 Å². The Morgan fingerprint density at radius 2 is 1.29 bits per heavy atom. The molecule has 1 aliphatic carbocycles. The van der Waals surface area contributed by atoms with Crippen molar-refractivity contribution in [1.29, 1.82) is 0 Å². The second-order valence-electron chi connectivity index (χ2n) is 8.18. The van der Waals surface area contributed by atoms with Crippen LogP contribution in [0.4, 0.5) is 0 Å². The first-order valence-corrected chi connectivity index (χ1v) is 11.7. The van der Waals surface area contributed by atoms with Crippen LogP contribution >= 0.6 is 0 Å². The number of ether oxygens (including phenoxy) is 4. The minimum Gasteiger partial charge on any atom is -0.494 e. The molecule has 0 heterocycles. The van der Waals surface area contributed by atoms with Crippen LogP contribution < -0.4 is 4.74 Å². The van der Waals surface area contributed by atoms with Crippen molar-refractivity contribution in [2.24, 2.45) is 11.8 Å². The fourth-order valence-corrected chi connectivity index (χ4v) is 3.54. The summed E-state index contributed by atoms with van der Waals surface area (Å²) in [5.74, 6) is 0.281. The van der Waals surface area contributed by atoms with E-state index in [1.54, 1.807) is 6.08 Å². The molecule has 0 spiro atoms. The van der Waals surface area contributed by atoms with Gasteiger partial charge in [0.25, 0.3) is 0 Å². The first kappa shape index (κ1) is 26.9. The topological polar surface area (TPSA) is 88.1 Å². The van der Waals surface area contributed by atoms with Gasteiger partial charge in [0.15, 0.2) is 0 Å². The third-order valence-corrected chi connectivity index (χ3v) is 5.57. The zero-order valence-electron chi connectivity index (χ0n) is 19.6. The summed E-state index contributed by atoms with van der Waals surface area (Å²) in [6.45, 7) is 8.44. The second-order valence-corrected chi connectivity index (χ2v) is 8.18. The molecule has 2 rings (SSSR count). The molecule has 7 heteroatoms. The van der Waals surface area contributed by atoms with Crippen molar-refractivity contribution < 1.29 is 33.3 Å². The standard InChI is InChI=1S/C27H34O7/c1-3-25(28)32-18-6-5-17-31-24-14-11-21(12-15-24)13-16-27(30)34-20-23-9-7-22(8-10-23)19-33-26(29)4-2/h3-4,11-16,22-23H,1-2,5-10,17-20H2/b16-13+. The molecule has 0 unspecified atom stereocenters. The van der Waals surface area contributed by atoms with Gasteiger partial charge in [-0.05, 0) is 74.1 Å². The number of benzene rings is 1. The van der Waals surface area contributed by atoms with E-state index in [0.717, 1.165) is 55.9 Å². The van der Waals surface area contributed by atoms with E-state index < -0.39 is 5.97 Å². The van der Waals surface area contributed by atoms with Crippen LogP contribution in [0.15, 0.2) is 55.7 Å². The average molecular weight is 471 g/mol. The number of carbonyl (C=O) groups is 3. The summed E-state index contributed by atoms with van der Waals surface area (Å²) in [6.07, 6.45) is 10.8. The van der Waals surface area contributed by atoms with Crippen LogP contribution in [0.25, 0.3) is 6.08 Å². The molecule has 0 aliphatic heterocycles. The van der Waals surface area contributed by atoms with Crippen molar-refractivity contribution in [1.82, 2.24) is 0 Å². The molecule has 1 aliphatic rings. The highest BCUT2D eigenvalue weighted by Crippen LogP contribution is 2.29. The van der Waals surface area contributed by atoms with Crippen molar-refractivity contribution >= 4 is 24.0 Å². The monoisotopic (exact) mass is 470 g/mol. The third kappa shape index (κ3) is 11.0. The maximum absolute atomic E-state index is 12.1. The minimum absolute atomic E-state index is 0.342. The van der Waals surface area contributed by atoms with E-state index in [0.29, 0.717) is 38.3 Å². The third-order valence-electron chi connectivity index (χ3n) is 5.57. The Bertz CT molecular complexity index is 833. The molecular weight excluding hydrogens is 436 g/mol. The van der Waals surface area contributed by atoms with E-state index in [1.165, 1.54) is 12.2 Å². The van der Waals surface area contributed by atoms with Gasteiger partial charge in [0, 0.05) is 18.2 Å². The Labute approximate surface area is 201 Å². The predicted octanol–water partition coefficient (Wildman–Crippen LogP) is 4.67. The summed E-state index contributed by atoms with van der Waals surface area (Å²) in [4.78, 5) is 34.1. The van der Waals surface area contributed by atoms with Gasteiger partial charge >= 0.3 is 17.9 Å². The van der Waals surface area contributed by atoms with E-state index in [4.69, 9.17) is 18.9 Å². The Kier molecular flexibility index (Phi) is 12.2. The molecule has 184 valence electrons. The Balaban J connectivity index is 1.59. The normalized spacial score (nSPS) is 17.5. The Hall–Kier alpha value is -3.35. The molecule has 0 aromatic heterocycles. The van der Waals surface area contributed by atoms with Crippen molar-refractivity contribution in [3.8, 4) is 5.75 Å². The average Bonchev–Trinajstić information content (AvgIpc) is 2.87. The molecule has 0 N–H and O–H groups in total. The molecule has 0 amide bonds. The van der Waals surface area contributed by atoms with Crippen molar-refractivity contribution in [2.75, 3.05) is 26.4 Å². The summed E-state index contributed by atoms with van der Waals surface area (Å²) in [5, 5.41) is 0. The molecule has 1 saturated carbocycles. The molecule has 1 aromatic carbocycles. The first-order valence-electron chi connectivity index (χ1n) is 11.7. The fraction of sp³-hybridized carbons (Fsp3) is 0.444. The molecule has 0 saturated heterocycles. The lowest BCUT2D eigenvalue weighted by Crippen LogP contribution is -2.23. The van der Waals surface area contributed by atoms with Crippen LogP contribution in [-0.4, -0.2) is 44.3 Å². The van der Waals surface area contributed by atoms with Crippen molar-refractivity contribution in [2.45, 2.75) is 38.5 Å². The lowest BCUT2D eigenvalue weighted by atomic mass is 9.83. The summed E-state index contributed by atoms with van der Waals surface area (Å²) in [6, 6.07) is 7.41. The first-order chi connectivity index (χ1) is 16.5. The molecule has 0 radical (unpaired) electrons. The summed E-state index contributed by atoms with van der Waals surface area (Å²) in [5.41, 5.74) is 0.871. The molecule has 0 bridgehead atoms. The zero-order valence-corrected chi connectivity index (χ0v) is 19.6. The highest BCUT2D eigenvalue weighted by molar-refractivity contribution is 5.87. The Morgan fingerprint density at radius 3 is 1.88 bits per heavy atom. The summed E-state index contributed by atoms with van der Waals surface area (Å²) >= 11 is 0. The highest BCUT2D eigenvalue weighted by Gasteiger charge is 2.23. The molecule has 1 fully saturated rings. The van der Waals surface area contributed by atoms with Gasteiger partial charge in [0.05, 0.1) is 26.4 Å². The lowest BCUT2D eigenvalue weighted by Gasteiger charge is -2.27. The van der Waals surface area contributed by atoms with E-state index in [9.17, 15) is 14.4 Å². The number of unbranched alkanes of at least 4 members (excludes halogenated alkanes) is 1.